The molecule has 1 aromatic carbocycles. The largest absolute Gasteiger partial charge is 0.481 e. The molecule has 0 fully saturated rings. The molecule has 0 saturated carbocycles. The highest BCUT2D eigenvalue weighted by Gasteiger charge is 2.38. The minimum atomic E-state index is -0.682. The molecule has 0 heterocycles. The van der Waals surface area contributed by atoms with Crippen LogP contribution in [0.25, 0.3) is 0 Å². The molecule has 2 heteroatoms. The number of fused-ring (bicyclic) bond motifs is 1. The van der Waals surface area contributed by atoms with Crippen LogP contribution in [0, 0.1) is 18.3 Å². The molecule has 0 aliphatic heterocycles. The van der Waals surface area contributed by atoms with Crippen molar-refractivity contribution in [1.82, 2.24) is 0 Å². The van der Waals surface area contributed by atoms with E-state index in [-0.39, 0.29) is 5.92 Å². The van der Waals surface area contributed by atoms with Crippen molar-refractivity contribution in [2.45, 2.75) is 40.0 Å². The van der Waals surface area contributed by atoms with Crippen LogP contribution in [0.4, 0.5) is 0 Å². The lowest BCUT2D eigenvalue weighted by Crippen LogP contribution is -2.36. The van der Waals surface area contributed by atoms with E-state index in [2.05, 4.69) is 25.1 Å². The Balaban J connectivity index is 2.25. The van der Waals surface area contributed by atoms with E-state index >= 15 is 0 Å². The molecule has 0 amide bonds. The lowest BCUT2D eigenvalue weighted by molar-refractivity contribution is -0.150. The summed E-state index contributed by atoms with van der Waals surface area (Å²) < 4.78 is 0. The van der Waals surface area contributed by atoms with Gasteiger partial charge < -0.3 is 5.11 Å². The molecule has 0 saturated heterocycles. The lowest BCUT2D eigenvalue weighted by Gasteiger charge is -2.34. The predicted molar refractivity (Wildman–Crippen MR) is 68.1 cm³/mol. The highest BCUT2D eigenvalue weighted by molar-refractivity contribution is 5.74. The van der Waals surface area contributed by atoms with E-state index in [1.165, 1.54) is 16.7 Å². The molecule has 1 aromatic rings. The fourth-order valence-corrected chi connectivity index (χ4v) is 2.67. The van der Waals surface area contributed by atoms with Gasteiger partial charge in [-0.2, -0.15) is 0 Å². The number of hydrogen-bond donors (Lipinski definition) is 1. The van der Waals surface area contributed by atoms with Gasteiger partial charge in [0.05, 0.1) is 5.41 Å². The van der Waals surface area contributed by atoms with Gasteiger partial charge in [0, 0.05) is 0 Å². The molecular weight excluding hydrogens is 212 g/mol. The number of carbonyl (C=O) groups is 1. The Morgan fingerprint density at radius 1 is 1.35 bits per heavy atom. The molecule has 17 heavy (non-hydrogen) atoms. The van der Waals surface area contributed by atoms with Crippen molar-refractivity contribution in [2.24, 2.45) is 11.3 Å². The first-order valence-corrected chi connectivity index (χ1v) is 6.23. The third-order valence-corrected chi connectivity index (χ3v) is 4.16. The minimum absolute atomic E-state index is 0.246. The monoisotopic (exact) mass is 232 g/mol. The molecule has 1 aliphatic carbocycles. The van der Waals surface area contributed by atoms with Crippen LogP contribution in [-0.2, 0) is 17.6 Å². The molecule has 1 N–H and O–H groups in total. The molecule has 0 spiro atoms. The van der Waals surface area contributed by atoms with E-state index in [0.717, 1.165) is 19.3 Å². The van der Waals surface area contributed by atoms with E-state index in [4.69, 9.17) is 0 Å². The number of carboxylic acids is 1. The Bertz CT molecular complexity index is 446. The van der Waals surface area contributed by atoms with Crippen LogP contribution in [0.15, 0.2) is 18.2 Å². The summed E-state index contributed by atoms with van der Waals surface area (Å²) in [6, 6.07) is 6.52. The summed E-state index contributed by atoms with van der Waals surface area (Å²) in [5, 5.41) is 9.29. The zero-order valence-electron chi connectivity index (χ0n) is 10.8. The highest BCUT2D eigenvalue weighted by atomic mass is 16.4. The van der Waals surface area contributed by atoms with Crippen molar-refractivity contribution >= 4 is 5.97 Å². The molecule has 0 aromatic heterocycles. The number of carboxylic acid groups (broad SMARTS) is 1. The topological polar surface area (TPSA) is 37.3 Å². The molecule has 0 bridgehead atoms. The Morgan fingerprint density at radius 3 is 2.71 bits per heavy atom. The van der Waals surface area contributed by atoms with E-state index in [0.29, 0.717) is 0 Å². The zero-order chi connectivity index (χ0) is 12.6. The van der Waals surface area contributed by atoms with E-state index in [1.807, 2.05) is 13.8 Å². The minimum Gasteiger partial charge on any atom is -0.481 e. The fraction of sp³-hybridized carbons (Fsp3) is 0.533. The van der Waals surface area contributed by atoms with Gasteiger partial charge >= 0.3 is 5.97 Å². The van der Waals surface area contributed by atoms with Crippen molar-refractivity contribution < 1.29 is 9.90 Å². The van der Waals surface area contributed by atoms with Crippen molar-refractivity contribution in [1.29, 1.82) is 0 Å². The van der Waals surface area contributed by atoms with E-state index < -0.39 is 11.4 Å². The van der Waals surface area contributed by atoms with Crippen LogP contribution >= 0.6 is 0 Å². The third kappa shape index (κ3) is 2.21. The number of aryl methyl sites for hydroxylation is 2. The fourth-order valence-electron chi connectivity index (χ4n) is 2.67. The van der Waals surface area contributed by atoms with Crippen LogP contribution in [-0.4, -0.2) is 11.1 Å². The zero-order valence-corrected chi connectivity index (χ0v) is 10.8. The van der Waals surface area contributed by atoms with E-state index in [9.17, 15) is 9.90 Å². The molecule has 1 aliphatic rings. The summed E-state index contributed by atoms with van der Waals surface area (Å²) in [5.74, 6) is -0.437. The van der Waals surface area contributed by atoms with Gasteiger partial charge in [0.1, 0.15) is 0 Å². The van der Waals surface area contributed by atoms with Gasteiger partial charge in [-0.25, -0.2) is 0 Å². The summed E-state index contributed by atoms with van der Waals surface area (Å²) >= 11 is 0. The average molecular weight is 232 g/mol. The van der Waals surface area contributed by atoms with Gasteiger partial charge in [0.2, 0.25) is 0 Å². The van der Waals surface area contributed by atoms with Crippen LogP contribution in [0.3, 0.4) is 0 Å². The quantitative estimate of drug-likeness (QED) is 0.850. The maximum Gasteiger partial charge on any atom is 0.309 e. The number of hydrogen-bond acceptors (Lipinski definition) is 1. The standard InChI is InChI=1S/C15H20O2/c1-10-4-5-12-9-13(7-6-11(12)8-10)15(2,3)14(16)17/h4-5,8,13H,6-7,9H2,1-3H3,(H,16,17). The first kappa shape index (κ1) is 12.2. The number of aliphatic carboxylic acids is 1. The highest BCUT2D eigenvalue weighted by Crippen LogP contribution is 2.38. The Hall–Kier alpha value is -1.31. The Labute approximate surface area is 103 Å². The predicted octanol–water partition coefficient (Wildman–Crippen LogP) is 3.21. The molecular formula is C15H20O2. The second kappa shape index (κ2) is 4.17. The SMILES string of the molecule is Cc1ccc2c(c1)CCC(C(C)(C)C(=O)O)C2. The van der Waals surface area contributed by atoms with Gasteiger partial charge in [0.15, 0.2) is 0 Å². The summed E-state index contributed by atoms with van der Waals surface area (Å²) in [5.41, 5.74) is 3.41. The van der Waals surface area contributed by atoms with Crippen molar-refractivity contribution in [3.05, 3.63) is 34.9 Å². The summed E-state index contributed by atoms with van der Waals surface area (Å²) in [4.78, 5) is 11.3. The normalized spacial score (nSPS) is 19.8. The molecule has 1 unspecified atom stereocenters. The number of benzene rings is 1. The molecule has 0 radical (unpaired) electrons. The maximum atomic E-state index is 11.3. The van der Waals surface area contributed by atoms with Gasteiger partial charge in [-0.3, -0.25) is 4.79 Å². The number of rotatable bonds is 2. The summed E-state index contributed by atoms with van der Waals surface area (Å²) in [7, 11) is 0. The molecule has 1 atom stereocenters. The van der Waals surface area contributed by atoms with Crippen molar-refractivity contribution in [3.63, 3.8) is 0 Å². The summed E-state index contributed by atoms with van der Waals surface area (Å²) in [6.45, 7) is 5.80. The van der Waals surface area contributed by atoms with Crippen LogP contribution in [0.2, 0.25) is 0 Å². The molecule has 2 rings (SSSR count). The first-order valence-electron chi connectivity index (χ1n) is 6.23. The lowest BCUT2D eigenvalue weighted by atomic mass is 9.69. The van der Waals surface area contributed by atoms with Crippen LogP contribution in [0.5, 0.6) is 0 Å². The Morgan fingerprint density at radius 2 is 2.06 bits per heavy atom. The van der Waals surface area contributed by atoms with E-state index in [1.54, 1.807) is 0 Å². The smallest absolute Gasteiger partial charge is 0.309 e. The molecule has 2 nitrogen and oxygen atoms in total. The van der Waals surface area contributed by atoms with Crippen molar-refractivity contribution in [3.8, 4) is 0 Å². The second-order valence-electron chi connectivity index (χ2n) is 5.74. The van der Waals surface area contributed by atoms with Gasteiger partial charge in [0.25, 0.3) is 0 Å². The summed E-state index contributed by atoms with van der Waals surface area (Å²) in [6.07, 6.45) is 2.89. The second-order valence-corrected chi connectivity index (χ2v) is 5.74. The van der Waals surface area contributed by atoms with Gasteiger partial charge in [-0.05, 0) is 57.1 Å². The Kier molecular flexibility index (Phi) is 2.98. The van der Waals surface area contributed by atoms with Crippen LogP contribution in [0.1, 0.15) is 37.0 Å². The van der Waals surface area contributed by atoms with Gasteiger partial charge in [-0.15, -0.1) is 0 Å². The van der Waals surface area contributed by atoms with Crippen molar-refractivity contribution in [2.75, 3.05) is 0 Å². The first-order chi connectivity index (χ1) is 7.91. The molecule has 92 valence electrons. The average Bonchev–Trinajstić information content (AvgIpc) is 2.28. The third-order valence-electron chi connectivity index (χ3n) is 4.16. The van der Waals surface area contributed by atoms with Gasteiger partial charge in [-0.1, -0.05) is 23.8 Å². The maximum absolute atomic E-state index is 11.3. The van der Waals surface area contributed by atoms with Crippen LogP contribution < -0.4 is 0 Å².